The van der Waals surface area contributed by atoms with Crippen LogP contribution >= 0.6 is 0 Å². The van der Waals surface area contributed by atoms with Crippen LogP contribution in [0.5, 0.6) is 0 Å². The fraction of sp³-hybridized carbons (Fsp3) is 0.889. The third-order valence-corrected chi connectivity index (χ3v) is 2.38. The van der Waals surface area contributed by atoms with Gasteiger partial charge in [-0.25, -0.2) is 0 Å². The SMILES string of the molecule is CC1(C)CN(CCC(N)C(=O)O)C1. The van der Waals surface area contributed by atoms with E-state index < -0.39 is 12.0 Å². The van der Waals surface area contributed by atoms with Crippen molar-refractivity contribution in [2.75, 3.05) is 19.6 Å². The van der Waals surface area contributed by atoms with Crippen LogP contribution in [0.2, 0.25) is 0 Å². The van der Waals surface area contributed by atoms with Gasteiger partial charge in [-0.05, 0) is 11.8 Å². The molecule has 76 valence electrons. The molecule has 0 radical (unpaired) electrons. The molecular weight excluding hydrogens is 168 g/mol. The van der Waals surface area contributed by atoms with E-state index in [1.807, 2.05) is 0 Å². The second-order valence-corrected chi connectivity index (χ2v) is 4.61. The molecular formula is C9H18N2O2. The third kappa shape index (κ3) is 2.97. The number of hydrogen-bond acceptors (Lipinski definition) is 3. The molecule has 13 heavy (non-hydrogen) atoms. The average Bonchev–Trinajstić information content (AvgIpc) is 1.95. The van der Waals surface area contributed by atoms with Gasteiger partial charge in [-0.2, -0.15) is 0 Å². The normalized spacial score (nSPS) is 23.6. The molecule has 1 rings (SSSR count). The van der Waals surface area contributed by atoms with E-state index in [1.165, 1.54) is 0 Å². The summed E-state index contributed by atoms with van der Waals surface area (Å²) in [7, 11) is 0. The van der Waals surface area contributed by atoms with E-state index in [9.17, 15) is 4.79 Å². The summed E-state index contributed by atoms with van der Waals surface area (Å²) in [4.78, 5) is 12.6. The molecule has 0 saturated carbocycles. The largest absolute Gasteiger partial charge is 0.480 e. The van der Waals surface area contributed by atoms with E-state index in [0.717, 1.165) is 19.6 Å². The Morgan fingerprint density at radius 1 is 1.62 bits per heavy atom. The Morgan fingerprint density at radius 3 is 2.54 bits per heavy atom. The standard InChI is InChI=1S/C9H18N2O2/c1-9(2)5-11(6-9)4-3-7(10)8(12)13/h7H,3-6,10H2,1-2H3,(H,12,13). The van der Waals surface area contributed by atoms with E-state index in [0.29, 0.717) is 11.8 Å². The Hall–Kier alpha value is -0.610. The molecule has 0 aromatic rings. The van der Waals surface area contributed by atoms with Gasteiger partial charge in [0.1, 0.15) is 6.04 Å². The van der Waals surface area contributed by atoms with Crippen LogP contribution in [0.4, 0.5) is 0 Å². The van der Waals surface area contributed by atoms with Crippen LogP contribution in [-0.4, -0.2) is 41.7 Å². The number of aliphatic carboxylic acids is 1. The highest BCUT2D eigenvalue weighted by Crippen LogP contribution is 2.28. The van der Waals surface area contributed by atoms with Crippen LogP contribution in [0, 0.1) is 5.41 Å². The Bertz CT molecular complexity index is 196. The zero-order valence-corrected chi connectivity index (χ0v) is 8.29. The lowest BCUT2D eigenvalue weighted by Gasteiger charge is -2.46. The zero-order valence-electron chi connectivity index (χ0n) is 8.29. The predicted molar refractivity (Wildman–Crippen MR) is 50.4 cm³/mol. The molecule has 3 N–H and O–H groups in total. The Kier molecular flexibility index (Phi) is 2.93. The highest BCUT2D eigenvalue weighted by Gasteiger charge is 2.33. The number of carbonyl (C=O) groups is 1. The summed E-state index contributed by atoms with van der Waals surface area (Å²) in [6.07, 6.45) is 0.547. The lowest BCUT2D eigenvalue weighted by molar-refractivity contribution is -0.138. The molecule has 1 atom stereocenters. The van der Waals surface area contributed by atoms with E-state index >= 15 is 0 Å². The third-order valence-electron chi connectivity index (χ3n) is 2.38. The molecule has 0 aliphatic carbocycles. The molecule has 1 unspecified atom stereocenters. The van der Waals surface area contributed by atoms with Crippen molar-refractivity contribution in [1.82, 2.24) is 4.90 Å². The maximum atomic E-state index is 10.4. The summed E-state index contributed by atoms with van der Waals surface area (Å²) in [5.41, 5.74) is 5.80. The van der Waals surface area contributed by atoms with Gasteiger partial charge in [-0.1, -0.05) is 13.8 Å². The molecule has 0 amide bonds. The van der Waals surface area contributed by atoms with E-state index in [2.05, 4.69) is 18.7 Å². The van der Waals surface area contributed by atoms with E-state index in [4.69, 9.17) is 10.8 Å². The van der Waals surface area contributed by atoms with Gasteiger partial charge in [0.05, 0.1) is 0 Å². The minimum Gasteiger partial charge on any atom is -0.480 e. The molecule has 0 aromatic heterocycles. The quantitative estimate of drug-likeness (QED) is 0.655. The lowest BCUT2D eigenvalue weighted by atomic mass is 9.84. The Balaban J connectivity index is 2.12. The van der Waals surface area contributed by atoms with Gasteiger partial charge in [0, 0.05) is 19.6 Å². The summed E-state index contributed by atoms with van der Waals surface area (Å²) >= 11 is 0. The summed E-state index contributed by atoms with van der Waals surface area (Å²) in [5, 5.41) is 8.54. The van der Waals surface area contributed by atoms with Crippen molar-refractivity contribution in [3.8, 4) is 0 Å². The molecule has 1 aliphatic rings. The van der Waals surface area contributed by atoms with Crippen molar-refractivity contribution >= 4 is 5.97 Å². The van der Waals surface area contributed by atoms with Gasteiger partial charge >= 0.3 is 5.97 Å². The summed E-state index contributed by atoms with van der Waals surface area (Å²) in [5.74, 6) is -0.903. The van der Waals surface area contributed by atoms with Crippen LogP contribution in [0.25, 0.3) is 0 Å². The average molecular weight is 186 g/mol. The number of nitrogens with zero attached hydrogens (tertiary/aromatic N) is 1. The number of likely N-dealkylation sites (tertiary alicyclic amines) is 1. The van der Waals surface area contributed by atoms with Crippen molar-refractivity contribution in [1.29, 1.82) is 0 Å². The van der Waals surface area contributed by atoms with Crippen LogP contribution < -0.4 is 5.73 Å². The van der Waals surface area contributed by atoms with Crippen LogP contribution in [0.1, 0.15) is 20.3 Å². The molecule has 0 bridgehead atoms. The molecule has 1 heterocycles. The Morgan fingerprint density at radius 2 is 2.15 bits per heavy atom. The highest BCUT2D eigenvalue weighted by atomic mass is 16.4. The lowest BCUT2D eigenvalue weighted by Crippen LogP contribution is -2.53. The van der Waals surface area contributed by atoms with Crippen molar-refractivity contribution in [2.45, 2.75) is 26.3 Å². The van der Waals surface area contributed by atoms with Crippen LogP contribution in [0.15, 0.2) is 0 Å². The van der Waals surface area contributed by atoms with Gasteiger partial charge < -0.3 is 15.7 Å². The second-order valence-electron chi connectivity index (χ2n) is 4.61. The maximum absolute atomic E-state index is 10.4. The van der Waals surface area contributed by atoms with E-state index in [-0.39, 0.29) is 0 Å². The van der Waals surface area contributed by atoms with Gasteiger partial charge in [0.25, 0.3) is 0 Å². The molecule has 0 spiro atoms. The van der Waals surface area contributed by atoms with Gasteiger partial charge in [-0.3, -0.25) is 4.79 Å². The fourth-order valence-corrected chi connectivity index (χ4v) is 1.77. The first-order valence-corrected chi connectivity index (χ1v) is 4.61. The number of rotatable bonds is 4. The number of carboxylic acid groups (broad SMARTS) is 1. The number of carboxylic acids is 1. The summed E-state index contributed by atoms with van der Waals surface area (Å²) < 4.78 is 0. The molecule has 4 heteroatoms. The molecule has 1 aliphatic heterocycles. The van der Waals surface area contributed by atoms with Crippen LogP contribution in [0.3, 0.4) is 0 Å². The molecule has 4 nitrogen and oxygen atoms in total. The topological polar surface area (TPSA) is 66.6 Å². The monoisotopic (exact) mass is 186 g/mol. The van der Waals surface area contributed by atoms with Crippen LogP contribution in [-0.2, 0) is 4.79 Å². The number of hydrogen-bond donors (Lipinski definition) is 2. The minimum absolute atomic E-state index is 0.410. The van der Waals surface area contributed by atoms with Gasteiger partial charge in [0.2, 0.25) is 0 Å². The van der Waals surface area contributed by atoms with Gasteiger partial charge in [-0.15, -0.1) is 0 Å². The Labute approximate surface area is 78.7 Å². The molecule has 1 fully saturated rings. The summed E-state index contributed by atoms with van der Waals surface area (Å²) in [6, 6.07) is -0.705. The maximum Gasteiger partial charge on any atom is 0.320 e. The smallest absolute Gasteiger partial charge is 0.320 e. The highest BCUT2D eigenvalue weighted by molar-refractivity contribution is 5.72. The first-order valence-electron chi connectivity index (χ1n) is 4.61. The first kappa shape index (κ1) is 10.5. The summed E-state index contributed by atoms with van der Waals surface area (Å²) in [6.45, 7) is 7.33. The fourth-order valence-electron chi connectivity index (χ4n) is 1.77. The van der Waals surface area contributed by atoms with Crippen molar-refractivity contribution in [3.63, 3.8) is 0 Å². The van der Waals surface area contributed by atoms with Crippen molar-refractivity contribution in [3.05, 3.63) is 0 Å². The van der Waals surface area contributed by atoms with E-state index in [1.54, 1.807) is 0 Å². The number of nitrogens with two attached hydrogens (primary N) is 1. The predicted octanol–water partition coefficient (Wildman–Crippen LogP) is 0.130. The molecule has 0 aromatic carbocycles. The van der Waals surface area contributed by atoms with Crippen molar-refractivity contribution < 1.29 is 9.90 Å². The second kappa shape index (κ2) is 3.64. The van der Waals surface area contributed by atoms with Crippen molar-refractivity contribution in [2.24, 2.45) is 11.1 Å². The van der Waals surface area contributed by atoms with Gasteiger partial charge in [0.15, 0.2) is 0 Å². The molecule has 1 saturated heterocycles. The minimum atomic E-state index is -0.903. The zero-order chi connectivity index (χ0) is 10.1. The first-order chi connectivity index (χ1) is 5.91.